The van der Waals surface area contributed by atoms with Gasteiger partial charge in [-0.1, -0.05) is 6.92 Å². The van der Waals surface area contributed by atoms with Gasteiger partial charge in [-0.25, -0.2) is 0 Å². The topological polar surface area (TPSA) is 84.7 Å². The van der Waals surface area contributed by atoms with Crippen molar-refractivity contribution in [3.05, 3.63) is 0 Å². The fourth-order valence-electron chi connectivity index (χ4n) is 2.91. The molecule has 0 radical (unpaired) electrons. The highest BCUT2D eigenvalue weighted by Gasteiger charge is 2.44. The maximum absolute atomic E-state index is 12.6. The third kappa shape index (κ3) is 2.96. The van der Waals surface area contributed by atoms with E-state index < -0.39 is 5.41 Å². The Labute approximate surface area is 120 Å². The van der Waals surface area contributed by atoms with Crippen molar-refractivity contribution in [3.8, 4) is 0 Å². The van der Waals surface area contributed by atoms with Crippen molar-refractivity contribution in [1.29, 1.82) is 0 Å². The lowest BCUT2D eigenvalue weighted by Crippen LogP contribution is -2.46. The van der Waals surface area contributed by atoms with E-state index in [9.17, 15) is 9.59 Å². The van der Waals surface area contributed by atoms with Crippen LogP contribution in [0.25, 0.3) is 0 Å². The number of hydrogen-bond donors (Lipinski definition) is 2. The highest BCUT2D eigenvalue weighted by molar-refractivity contribution is 5.85. The summed E-state index contributed by atoms with van der Waals surface area (Å²) in [4.78, 5) is 25.8. The molecule has 2 rings (SSSR count). The van der Waals surface area contributed by atoms with Crippen LogP contribution in [0.2, 0.25) is 0 Å². The minimum atomic E-state index is -0.582. The second-order valence-electron chi connectivity index (χ2n) is 6.14. The number of hydrogen-bond acceptors (Lipinski definition) is 4. The van der Waals surface area contributed by atoms with Gasteiger partial charge in [-0.3, -0.25) is 9.59 Å². The largest absolute Gasteiger partial charge is 0.379 e. The molecular weight excluding hydrogens is 258 g/mol. The van der Waals surface area contributed by atoms with E-state index >= 15 is 0 Å². The van der Waals surface area contributed by atoms with E-state index in [0.29, 0.717) is 32.7 Å². The number of carbonyl (C=O) groups excluding carboxylic acids is 2. The monoisotopic (exact) mass is 283 g/mol. The van der Waals surface area contributed by atoms with Crippen LogP contribution in [0.5, 0.6) is 0 Å². The van der Waals surface area contributed by atoms with Crippen LogP contribution in [-0.4, -0.2) is 55.6 Å². The average Bonchev–Trinajstić information content (AvgIpc) is 3.03. The summed E-state index contributed by atoms with van der Waals surface area (Å²) in [5.74, 6) is -0.381. The summed E-state index contributed by atoms with van der Waals surface area (Å²) in [7, 11) is 0. The molecule has 0 aliphatic carbocycles. The minimum absolute atomic E-state index is 0.0843. The molecule has 0 aromatic heterocycles. The van der Waals surface area contributed by atoms with Crippen LogP contribution in [0, 0.1) is 11.3 Å². The highest BCUT2D eigenvalue weighted by atomic mass is 16.5. The summed E-state index contributed by atoms with van der Waals surface area (Å²) in [6.45, 7) is 6.89. The van der Waals surface area contributed by atoms with Crippen LogP contribution in [-0.2, 0) is 14.3 Å². The summed E-state index contributed by atoms with van der Waals surface area (Å²) in [5.41, 5.74) is 4.85. The third-order valence-electron chi connectivity index (χ3n) is 4.43. The van der Waals surface area contributed by atoms with Crippen molar-refractivity contribution in [2.75, 3.05) is 32.8 Å². The SMILES string of the molecule is CCCNC1COCC1C(=O)N1CCC(C)(C(N)=O)C1. The maximum Gasteiger partial charge on any atom is 0.229 e. The van der Waals surface area contributed by atoms with Crippen molar-refractivity contribution in [3.63, 3.8) is 0 Å². The van der Waals surface area contributed by atoms with Gasteiger partial charge in [-0.2, -0.15) is 0 Å². The van der Waals surface area contributed by atoms with Gasteiger partial charge in [-0.05, 0) is 26.3 Å². The summed E-state index contributed by atoms with van der Waals surface area (Å²) in [6, 6.07) is 0.0860. The molecule has 0 bridgehead atoms. The fourth-order valence-corrected chi connectivity index (χ4v) is 2.91. The molecule has 0 spiro atoms. The number of likely N-dealkylation sites (tertiary alicyclic amines) is 1. The highest BCUT2D eigenvalue weighted by Crippen LogP contribution is 2.31. The zero-order chi connectivity index (χ0) is 14.8. The van der Waals surface area contributed by atoms with Crippen LogP contribution in [0.4, 0.5) is 0 Å². The summed E-state index contributed by atoms with van der Waals surface area (Å²) >= 11 is 0. The van der Waals surface area contributed by atoms with Gasteiger partial charge in [0.15, 0.2) is 0 Å². The van der Waals surface area contributed by atoms with Gasteiger partial charge in [0.05, 0.1) is 24.5 Å². The van der Waals surface area contributed by atoms with E-state index in [-0.39, 0.29) is 23.8 Å². The standard InChI is InChI=1S/C14H25N3O3/c1-3-5-16-11-8-20-7-10(11)12(18)17-6-4-14(2,9-17)13(15)19/h10-11,16H,3-9H2,1-2H3,(H2,15,19). The molecule has 2 fully saturated rings. The first-order valence-corrected chi connectivity index (χ1v) is 7.38. The molecule has 6 nitrogen and oxygen atoms in total. The van der Waals surface area contributed by atoms with E-state index in [1.807, 2.05) is 6.92 Å². The zero-order valence-electron chi connectivity index (χ0n) is 12.4. The van der Waals surface area contributed by atoms with E-state index in [1.165, 1.54) is 0 Å². The Kier molecular flexibility index (Phi) is 4.65. The van der Waals surface area contributed by atoms with Gasteiger partial charge in [0.1, 0.15) is 0 Å². The molecular formula is C14H25N3O3. The van der Waals surface area contributed by atoms with Gasteiger partial charge in [0, 0.05) is 19.1 Å². The first-order valence-electron chi connectivity index (χ1n) is 7.38. The number of ether oxygens (including phenoxy) is 1. The van der Waals surface area contributed by atoms with Gasteiger partial charge in [0.25, 0.3) is 0 Å². The van der Waals surface area contributed by atoms with Gasteiger partial charge < -0.3 is 20.7 Å². The van der Waals surface area contributed by atoms with Crippen LogP contribution in [0.3, 0.4) is 0 Å². The Morgan fingerprint density at radius 2 is 2.20 bits per heavy atom. The van der Waals surface area contributed by atoms with Gasteiger partial charge in [0.2, 0.25) is 11.8 Å². The number of carbonyl (C=O) groups is 2. The van der Waals surface area contributed by atoms with Crippen molar-refractivity contribution < 1.29 is 14.3 Å². The molecule has 2 aliphatic rings. The lowest BCUT2D eigenvalue weighted by atomic mass is 9.89. The van der Waals surface area contributed by atoms with Gasteiger partial charge >= 0.3 is 0 Å². The fraction of sp³-hybridized carbons (Fsp3) is 0.857. The number of amides is 2. The molecule has 3 atom stereocenters. The Hall–Kier alpha value is -1.14. The average molecular weight is 283 g/mol. The smallest absolute Gasteiger partial charge is 0.229 e. The quantitative estimate of drug-likeness (QED) is 0.727. The van der Waals surface area contributed by atoms with Crippen LogP contribution < -0.4 is 11.1 Å². The third-order valence-corrected chi connectivity index (χ3v) is 4.43. The second kappa shape index (κ2) is 6.10. The molecule has 20 heavy (non-hydrogen) atoms. The number of nitrogens with zero attached hydrogens (tertiary/aromatic N) is 1. The molecule has 2 aliphatic heterocycles. The Bertz CT molecular complexity index is 388. The van der Waals surface area contributed by atoms with Crippen LogP contribution in [0.1, 0.15) is 26.7 Å². The van der Waals surface area contributed by atoms with E-state index in [4.69, 9.17) is 10.5 Å². The number of primary amides is 1. The van der Waals surface area contributed by atoms with Crippen molar-refractivity contribution in [1.82, 2.24) is 10.2 Å². The van der Waals surface area contributed by atoms with Crippen molar-refractivity contribution in [2.24, 2.45) is 17.1 Å². The van der Waals surface area contributed by atoms with Crippen molar-refractivity contribution in [2.45, 2.75) is 32.7 Å². The second-order valence-corrected chi connectivity index (χ2v) is 6.14. The Morgan fingerprint density at radius 3 is 2.80 bits per heavy atom. The number of nitrogens with two attached hydrogens (primary N) is 1. The van der Waals surface area contributed by atoms with Crippen LogP contribution in [0.15, 0.2) is 0 Å². The summed E-state index contributed by atoms with van der Waals surface area (Å²) in [5, 5.41) is 3.37. The minimum Gasteiger partial charge on any atom is -0.379 e. The molecule has 3 unspecified atom stereocenters. The van der Waals surface area contributed by atoms with Crippen molar-refractivity contribution >= 4 is 11.8 Å². The Balaban J connectivity index is 1.96. The first kappa shape index (κ1) is 15.3. The van der Waals surface area contributed by atoms with Gasteiger partial charge in [-0.15, -0.1) is 0 Å². The zero-order valence-corrected chi connectivity index (χ0v) is 12.4. The Morgan fingerprint density at radius 1 is 1.45 bits per heavy atom. The molecule has 0 aromatic carbocycles. The van der Waals surface area contributed by atoms with E-state index in [1.54, 1.807) is 4.90 Å². The molecule has 3 N–H and O–H groups in total. The molecule has 114 valence electrons. The van der Waals surface area contributed by atoms with E-state index in [0.717, 1.165) is 13.0 Å². The normalized spacial score (nSPS) is 33.6. The predicted molar refractivity (Wildman–Crippen MR) is 74.9 cm³/mol. The molecule has 2 amide bonds. The first-order chi connectivity index (χ1) is 9.48. The summed E-state index contributed by atoms with van der Waals surface area (Å²) in [6.07, 6.45) is 1.68. The lowest BCUT2D eigenvalue weighted by molar-refractivity contribution is -0.135. The predicted octanol–water partition coefficient (Wildman–Crippen LogP) is -0.275. The molecule has 0 saturated carbocycles. The maximum atomic E-state index is 12.6. The molecule has 2 heterocycles. The number of nitrogens with one attached hydrogen (secondary N) is 1. The number of rotatable bonds is 5. The summed E-state index contributed by atoms with van der Waals surface area (Å²) < 4.78 is 5.45. The molecule has 6 heteroatoms. The van der Waals surface area contributed by atoms with E-state index in [2.05, 4.69) is 12.2 Å². The molecule has 2 saturated heterocycles. The molecule has 0 aromatic rings. The van der Waals surface area contributed by atoms with Crippen LogP contribution >= 0.6 is 0 Å². The lowest BCUT2D eigenvalue weighted by Gasteiger charge is -2.25.